The van der Waals surface area contributed by atoms with E-state index < -0.39 is 15.6 Å². The summed E-state index contributed by atoms with van der Waals surface area (Å²) in [5, 5.41) is 9.62. The van der Waals surface area contributed by atoms with Crippen LogP contribution >= 0.6 is 0 Å². The second-order valence-corrected chi connectivity index (χ2v) is 6.40. The fraction of sp³-hybridized carbons (Fsp3) is 0.500. The van der Waals surface area contributed by atoms with E-state index in [0.29, 0.717) is 13.0 Å². The van der Waals surface area contributed by atoms with E-state index in [0.717, 1.165) is 0 Å². The molecule has 100 valence electrons. The normalized spacial score (nSPS) is 28.4. The van der Waals surface area contributed by atoms with Crippen molar-refractivity contribution in [1.29, 1.82) is 0 Å². The van der Waals surface area contributed by atoms with Gasteiger partial charge in [0, 0.05) is 6.61 Å². The molecule has 5 nitrogen and oxygen atoms in total. The number of nitrogens with one attached hydrogen (secondary N) is 1. The minimum Gasteiger partial charge on any atom is -0.507 e. The lowest BCUT2D eigenvalue weighted by Crippen LogP contribution is -2.50. The Hall–Kier alpha value is -1.11. The zero-order valence-electron chi connectivity index (χ0n) is 10.4. The third-order valence-electron chi connectivity index (χ3n) is 3.41. The van der Waals surface area contributed by atoms with Gasteiger partial charge in [0.15, 0.2) is 0 Å². The van der Waals surface area contributed by atoms with Crippen molar-refractivity contribution in [1.82, 2.24) is 4.72 Å². The zero-order valence-corrected chi connectivity index (χ0v) is 11.2. The number of ether oxygens (including phenoxy) is 1. The molecule has 2 rings (SSSR count). The molecule has 0 saturated carbocycles. The van der Waals surface area contributed by atoms with Gasteiger partial charge in [0.1, 0.15) is 10.6 Å². The first-order valence-electron chi connectivity index (χ1n) is 5.79. The highest BCUT2D eigenvalue weighted by Gasteiger charge is 2.41. The molecule has 2 N–H and O–H groups in total. The molecule has 0 radical (unpaired) electrons. The van der Waals surface area contributed by atoms with Crippen molar-refractivity contribution in [2.24, 2.45) is 0 Å². The van der Waals surface area contributed by atoms with Crippen molar-refractivity contribution in [2.75, 3.05) is 6.61 Å². The quantitative estimate of drug-likeness (QED) is 0.867. The molecule has 18 heavy (non-hydrogen) atoms. The van der Waals surface area contributed by atoms with Gasteiger partial charge >= 0.3 is 0 Å². The van der Waals surface area contributed by atoms with Crippen LogP contribution in [0.2, 0.25) is 0 Å². The number of phenolic OH excluding ortho intramolecular Hbond substituents is 1. The maximum absolute atomic E-state index is 12.2. The topological polar surface area (TPSA) is 75.6 Å². The molecule has 6 heteroatoms. The highest BCUT2D eigenvalue weighted by atomic mass is 32.2. The molecule has 2 atom stereocenters. The number of hydrogen-bond donors (Lipinski definition) is 2. The van der Waals surface area contributed by atoms with Gasteiger partial charge in [-0.05, 0) is 32.4 Å². The molecule has 1 fully saturated rings. The first-order valence-corrected chi connectivity index (χ1v) is 7.27. The third-order valence-corrected chi connectivity index (χ3v) is 5.07. The largest absolute Gasteiger partial charge is 0.507 e. The van der Waals surface area contributed by atoms with Crippen LogP contribution < -0.4 is 4.72 Å². The van der Waals surface area contributed by atoms with Gasteiger partial charge in [-0.25, -0.2) is 13.1 Å². The van der Waals surface area contributed by atoms with E-state index in [1.54, 1.807) is 12.1 Å². The molecule has 1 saturated heterocycles. The molecule has 0 aromatic heterocycles. The van der Waals surface area contributed by atoms with E-state index >= 15 is 0 Å². The molecular formula is C12H17NO4S. The summed E-state index contributed by atoms with van der Waals surface area (Å²) in [7, 11) is -3.75. The highest BCUT2D eigenvalue weighted by molar-refractivity contribution is 7.89. The van der Waals surface area contributed by atoms with Gasteiger partial charge in [-0.1, -0.05) is 12.1 Å². The minimum absolute atomic E-state index is 0.106. The number of sulfonamides is 1. The van der Waals surface area contributed by atoms with Crippen LogP contribution in [0.15, 0.2) is 29.2 Å². The summed E-state index contributed by atoms with van der Waals surface area (Å²) in [6, 6.07) is 5.88. The molecule has 1 heterocycles. The Morgan fingerprint density at radius 1 is 1.44 bits per heavy atom. The van der Waals surface area contributed by atoms with Gasteiger partial charge in [0.05, 0.1) is 11.6 Å². The van der Waals surface area contributed by atoms with Gasteiger partial charge in [0.25, 0.3) is 0 Å². The van der Waals surface area contributed by atoms with Gasteiger partial charge in [-0.3, -0.25) is 0 Å². The van der Waals surface area contributed by atoms with Crippen molar-refractivity contribution in [3.63, 3.8) is 0 Å². The number of rotatable bonds is 3. The van der Waals surface area contributed by atoms with Crippen molar-refractivity contribution >= 4 is 10.0 Å². The maximum atomic E-state index is 12.2. The summed E-state index contributed by atoms with van der Waals surface area (Å²) in [6.45, 7) is 4.17. The van der Waals surface area contributed by atoms with E-state index in [1.807, 2.05) is 13.8 Å². The summed E-state index contributed by atoms with van der Waals surface area (Å²) in [5.74, 6) is -0.250. The van der Waals surface area contributed by atoms with Crippen LogP contribution in [-0.4, -0.2) is 31.8 Å². The van der Waals surface area contributed by atoms with E-state index in [9.17, 15) is 13.5 Å². The van der Waals surface area contributed by atoms with Crippen molar-refractivity contribution in [3.05, 3.63) is 24.3 Å². The number of benzene rings is 1. The third kappa shape index (κ3) is 2.36. The number of hydrogen-bond acceptors (Lipinski definition) is 4. The van der Waals surface area contributed by atoms with Crippen LogP contribution in [0.3, 0.4) is 0 Å². The molecule has 0 amide bonds. The second-order valence-electron chi connectivity index (χ2n) is 4.75. The molecule has 1 aromatic rings. The SMILES string of the molecule is CC1OCCC1(C)NS(=O)(=O)c1ccccc1O. The summed E-state index contributed by atoms with van der Waals surface area (Å²) < 4.78 is 32.5. The Balaban J connectivity index is 2.31. The standard InChI is InChI=1S/C12H17NO4S/c1-9-12(2,7-8-17-9)13-18(15,16)11-6-4-3-5-10(11)14/h3-6,9,13-14H,7-8H2,1-2H3. The van der Waals surface area contributed by atoms with Crippen molar-refractivity contribution in [3.8, 4) is 5.75 Å². The van der Waals surface area contributed by atoms with Crippen molar-refractivity contribution in [2.45, 2.75) is 36.8 Å². The van der Waals surface area contributed by atoms with Crippen LogP contribution in [-0.2, 0) is 14.8 Å². The van der Waals surface area contributed by atoms with Crippen molar-refractivity contribution < 1.29 is 18.3 Å². The van der Waals surface area contributed by atoms with Crippen LogP contribution in [0.1, 0.15) is 20.3 Å². The first kappa shape index (κ1) is 13.3. The number of aromatic hydroxyl groups is 1. The van der Waals surface area contributed by atoms with E-state index in [2.05, 4.69) is 4.72 Å². The molecule has 2 unspecified atom stereocenters. The van der Waals surface area contributed by atoms with Crippen LogP contribution in [0.5, 0.6) is 5.75 Å². The van der Waals surface area contributed by atoms with Gasteiger partial charge in [-0.2, -0.15) is 0 Å². The van der Waals surface area contributed by atoms with Gasteiger partial charge < -0.3 is 9.84 Å². The van der Waals surface area contributed by atoms with Crippen LogP contribution in [0, 0.1) is 0 Å². The highest BCUT2D eigenvalue weighted by Crippen LogP contribution is 2.29. The predicted octanol–water partition coefficient (Wildman–Crippen LogP) is 1.24. The Kier molecular flexibility index (Phi) is 3.35. The summed E-state index contributed by atoms with van der Waals surface area (Å²) in [5.41, 5.74) is -0.638. The zero-order chi connectivity index (χ0) is 13.4. The fourth-order valence-electron chi connectivity index (χ4n) is 2.02. The Morgan fingerprint density at radius 3 is 2.67 bits per heavy atom. The summed E-state index contributed by atoms with van der Waals surface area (Å²) in [6.07, 6.45) is 0.416. The Labute approximate surface area is 107 Å². The fourth-order valence-corrected chi connectivity index (χ4v) is 3.61. The monoisotopic (exact) mass is 271 g/mol. The van der Waals surface area contributed by atoms with E-state index in [1.165, 1.54) is 12.1 Å². The molecule has 1 aromatic carbocycles. The minimum atomic E-state index is -3.75. The lowest BCUT2D eigenvalue weighted by atomic mass is 9.97. The molecule has 1 aliphatic rings. The van der Waals surface area contributed by atoms with Crippen LogP contribution in [0.25, 0.3) is 0 Å². The first-order chi connectivity index (χ1) is 8.35. The average molecular weight is 271 g/mol. The Morgan fingerprint density at radius 2 is 2.11 bits per heavy atom. The Bertz CT molecular complexity index is 543. The average Bonchev–Trinajstić information content (AvgIpc) is 2.58. The maximum Gasteiger partial charge on any atom is 0.244 e. The van der Waals surface area contributed by atoms with Gasteiger partial charge in [-0.15, -0.1) is 0 Å². The lowest BCUT2D eigenvalue weighted by molar-refractivity contribution is 0.0957. The molecule has 0 aliphatic carbocycles. The molecular weight excluding hydrogens is 254 g/mol. The number of para-hydroxylation sites is 1. The lowest BCUT2D eigenvalue weighted by Gasteiger charge is -2.28. The number of phenols is 1. The molecule has 0 spiro atoms. The van der Waals surface area contributed by atoms with E-state index in [-0.39, 0.29) is 16.7 Å². The molecule has 1 aliphatic heterocycles. The summed E-state index contributed by atoms with van der Waals surface area (Å²) >= 11 is 0. The molecule has 0 bridgehead atoms. The smallest absolute Gasteiger partial charge is 0.244 e. The van der Waals surface area contributed by atoms with Crippen LogP contribution in [0.4, 0.5) is 0 Å². The summed E-state index contributed by atoms with van der Waals surface area (Å²) in [4.78, 5) is -0.106. The second kappa shape index (κ2) is 4.53. The van der Waals surface area contributed by atoms with E-state index in [4.69, 9.17) is 4.74 Å². The van der Waals surface area contributed by atoms with Gasteiger partial charge in [0.2, 0.25) is 10.0 Å². The predicted molar refractivity (Wildman–Crippen MR) is 66.9 cm³/mol.